The molecule has 0 atom stereocenters. The Hall–Kier alpha value is -7.68. The first-order chi connectivity index (χ1) is 28.8. The third-order valence-electron chi connectivity index (χ3n) is 11.5. The Bertz CT molecular complexity index is 3240. The second-order valence-corrected chi connectivity index (χ2v) is 14.8. The fourth-order valence-corrected chi connectivity index (χ4v) is 8.80. The summed E-state index contributed by atoms with van der Waals surface area (Å²) in [6.45, 7) is 0. The molecule has 0 aliphatic rings. The average molecular weight is 737 g/mol. The summed E-state index contributed by atoms with van der Waals surface area (Å²) < 4.78 is 0. The Balaban J connectivity index is 1.08. The predicted octanol–water partition coefficient (Wildman–Crippen LogP) is 15.1. The summed E-state index contributed by atoms with van der Waals surface area (Å²) in [5.74, 6) is 0.715. The van der Waals surface area contributed by atoms with Gasteiger partial charge >= 0.3 is 0 Å². The minimum Gasteiger partial charge on any atom is -0.228 e. The number of rotatable bonds is 6. The van der Waals surface area contributed by atoms with Crippen LogP contribution in [0.4, 0.5) is 0 Å². The second kappa shape index (κ2) is 14.1. The summed E-state index contributed by atoms with van der Waals surface area (Å²) in [6.07, 6.45) is 0. The van der Waals surface area contributed by atoms with E-state index in [1.165, 1.54) is 70.9 Å². The molecule has 2 nitrogen and oxygen atoms in total. The summed E-state index contributed by atoms with van der Waals surface area (Å²) in [4.78, 5) is 10.1. The molecule has 0 spiro atoms. The molecule has 1 aromatic heterocycles. The van der Waals surface area contributed by atoms with E-state index in [2.05, 4.69) is 194 Å². The molecule has 270 valence electrons. The predicted molar refractivity (Wildman–Crippen MR) is 245 cm³/mol. The lowest BCUT2D eigenvalue weighted by atomic mass is 9.82. The van der Waals surface area contributed by atoms with Crippen molar-refractivity contribution in [1.82, 2.24) is 9.97 Å². The van der Waals surface area contributed by atoms with Gasteiger partial charge in [0.2, 0.25) is 0 Å². The highest BCUT2D eigenvalue weighted by Crippen LogP contribution is 2.48. The van der Waals surface area contributed by atoms with Gasteiger partial charge in [0.1, 0.15) is 0 Å². The van der Waals surface area contributed by atoms with Gasteiger partial charge < -0.3 is 0 Å². The molecular formula is C56H36N2. The number of fused-ring (bicyclic) bond motifs is 5. The first-order valence-corrected chi connectivity index (χ1v) is 19.8. The van der Waals surface area contributed by atoms with Gasteiger partial charge in [-0.3, -0.25) is 0 Å². The normalized spacial score (nSPS) is 11.4. The standard InChI is InChI=1S/C56H36N2/c1-4-17-39(18-5-1)51-36-52(58-56(57-51)42-21-8-3-9-22-42)40-30-28-38(29-31-40)43-34-35-49(46-25-13-12-24-45(43)46)54-48-27-15-14-26-47(48)53(41-19-6-2-7-20-41)55-44-23-11-10-16-37(44)32-33-50(54)55/h1-36H. The van der Waals surface area contributed by atoms with E-state index in [1.54, 1.807) is 0 Å². The van der Waals surface area contributed by atoms with Crippen molar-refractivity contribution in [3.63, 3.8) is 0 Å². The van der Waals surface area contributed by atoms with Crippen LogP contribution in [-0.2, 0) is 0 Å². The van der Waals surface area contributed by atoms with Crippen molar-refractivity contribution < 1.29 is 0 Å². The van der Waals surface area contributed by atoms with Crippen molar-refractivity contribution in [3.8, 4) is 67.3 Å². The average Bonchev–Trinajstić information content (AvgIpc) is 3.31. The fourth-order valence-electron chi connectivity index (χ4n) is 8.80. The Morgan fingerprint density at radius 2 is 0.724 bits per heavy atom. The second-order valence-electron chi connectivity index (χ2n) is 14.8. The van der Waals surface area contributed by atoms with Gasteiger partial charge in [0.05, 0.1) is 11.4 Å². The van der Waals surface area contributed by atoms with Gasteiger partial charge in [-0.25, -0.2) is 9.97 Å². The van der Waals surface area contributed by atoms with Gasteiger partial charge in [0, 0.05) is 16.7 Å². The number of aromatic nitrogens is 2. The topological polar surface area (TPSA) is 25.8 Å². The maximum atomic E-state index is 5.08. The van der Waals surface area contributed by atoms with Gasteiger partial charge in [-0.2, -0.15) is 0 Å². The lowest BCUT2D eigenvalue weighted by molar-refractivity contribution is 1.18. The third-order valence-corrected chi connectivity index (χ3v) is 11.5. The van der Waals surface area contributed by atoms with Crippen molar-refractivity contribution in [2.45, 2.75) is 0 Å². The van der Waals surface area contributed by atoms with Gasteiger partial charge in [-0.1, -0.05) is 212 Å². The number of hydrogen-bond acceptors (Lipinski definition) is 2. The molecule has 2 heteroatoms. The highest BCUT2D eigenvalue weighted by molar-refractivity contribution is 6.29. The number of nitrogens with zero attached hydrogens (tertiary/aromatic N) is 2. The summed E-state index contributed by atoms with van der Waals surface area (Å²) in [6, 6.07) is 78.3. The van der Waals surface area contributed by atoms with Crippen LogP contribution >= 0.6 is 0 Å². The fraction of sp³-hybridized carbons (Fsp3) is 0. The lowest BCUT2D eigenvalue weighted by Gasteiger charge is -2.21. The van der Waals surface area contributed by atoms with Crippen LogP contribution in [0.15, 0.2) is 218 Å². The van der Waals surface area contributed by atoms with Crippen LogP contribution in [-0.4, -0.2) is 9.97 Å². The zero-order valence-corrected chi connectivity index (χ0v) is 31.7. The van der Waals surface area contributed by atoms with Crippen molar-refractivity contribution in [2.24, 2.45) is 0 Å². The largest absolute Gasteiger partial charge is 0.228 e. The molecule has 58 heavy (non-hydrogen) atoms. The van der Waals surface area contributed by atoms with Crippen LogP contribution in [0.3, 0.4) is 0 Å². The Kier molecular flexibility index (Phi) is 8.19. The third kappa shape index (κ3) is 5.74. The molecule has 10 aromatic carbocycles. The summed E-state index contributed by atoms with van der Waals surface area (Å²) >= 11 is 0. The molecule has 0 radical (unpaired) electrons. The van der Waals surface area contributed by atoms with Crippen molar-refractivity contribution in [3.05, 3.63) is 218 Å². The highest BCUT2D eigenvalue weighted by Gasteiger charge is 2.21. The van der Waals surface area contributed by atoms with E-state index in [9.17, 15) is 0 Å². The van der Waals surface area contributed by atoms with Gasteiger partial charge in [0.15, 0.2) is 5.82 Å². The summed E-state index contributed by atoms with van der Waals surface area (Å²) in [7, 11) is 0. The lowest BCUT2D eigenvalue weighted by Crippen LogP contribution is -1.96. The Morgan fingerprint density at radius 1 is 0.259 bits per heavy atom. The zero-order chi connectivity index (χ0) is 38.4. The minimum atomic E-state index is 0.715. The summed E-state index contributed by atoms with van der Waals surface area (Å²) in [5, 5.41) is 10.0. The number of benzene rings is 10. The maximum absolute atomic E-state index is 5.08. The molecule has 0 saturated carbocycles. The highest BCUT2D eigenvalue weighted by atomic mass is 14.9. The summed E-state index contributed by atoms with van der Waals surface area (Å²) in [5.41, 5.74) is 12.3. The van der Waals surface area contributed by atoms with E-state index in [4.69, 9.17) is 9.97 Å². The smallest absolute Gasteiger partial charge is 0.160 e. The van der Waals surface area contributed by atoms with Crippen LogP contribution in [0.1, 0.15) is 0 Å². The molecule has 0 unspecified atom stereocenters. The molecule has 0 aliphatic heterocycles. The molecule has 0 amide bonds. The van der Waals surface area contributed by atoms with Crippen molar-refractivity contribution in [1.29, 1.82) is 0 Å². The van der Waals surface area contributed by atoms with Gasteiger partial charge in [0.25, 0.3) is 0 Å². The molecule has 11 aromatic rings. The van der Waals surface area contributed by atoms with E-state index in [1.807, 2.05) is 24.3 Å². The molecule has 1 heterocycles. The van der Waals surface area contributed by atoms with E-state index in [-0.39, 0.29) is 0 Å². The van der Waals surface area contributed by atoms with Crippen LogP contribution in [0, 0.1) is 0 Å². The van der Waals surface area contributed by atoms with Gasteiger partial charge in [-0.15, -0.1) is 0 Å². The Morgan fingerprint density at radius 3 is 1.38 bits per heavy atom. The molecular weight excluding hydrogens is 701 g/mol. The van der Waals surface area contributed by atoms with Crippen molar-refractivity contribution >= 4 is 43.1 Å². The van der Waals surface area contributed by atoms with E-state index in [0.29, 0.717) is 5.82 Å². The SMILES string of the molecule is c1ccc(-c2cc(-c3ccc(-c4ccc(-c5c6ccccc6c(-c6ccccc6)c6c5ccc5ccccc56)c5ccccc45)cc3)nc(-c3ccccc3)n2)cc1. The monoisotopic (exact) mass is 736 g/mol. The molecule has 0 saturated heterocycles. The van der Waals surface area contributed by atoms with Crippen LogP contribution in [0.5, 0.6) is 0 Å². The van der Waals surface area contributed by atoms with Crippen LogP contribution < -0.4 is 0 Å². The number of hydrogen-bond donors (Lipinski definition) is 0. The van der Waals surface area contributed by atoms with Crippen molar-refractivity contribution in [2.75, 3.05) is 0 Å². The molecule has 11 rings (SSSR count). The minimum absolute atomic E-state index is 0.715. The van der Waals surface area contributed by atoms with E-state index < -0.39 is 0 Å². The molecule has 0 aliphatic carbocycles. The van der Waals surface area contributed by atoms with Gasteiger partial charge in [-0.05, 0) is 82.5 Å². The maximum Gasteiger partial charge on any atom is 0.160 e. The quantitative estimate of drug-likeness (QED) is 0.125. The van der Waals surface area contributed by atoms with E-state index >= 15 is 0 Å². The molecule has 0 bridgehead atoms. The first-order valence-electron chi connectivity index (χ1n) is 19.8. The zero-order valence-electron chi connectivity index (χ0n) is 31.7. The Labute approximate surface area is 337 Å². The van der Waals surface area contributed by atoms with Crippen LogP contribution in [0.2, 0.25) is 0 Å². The van der Waals surface area contributed by atoms with Crippen LogP contribution in [0.25, 0.3) is 110 Å². The molecule has 0 N–H and O–H groups in total. The van der Waals surface area contributed by atoms with E-state index in [0.717, 1.165) is 33.6 Å². The first kappa shape index (κ1) is 33.6. The molecule has 0 fully saturated rings.